The summed E-state index contributed by atoms with van der Waals surface area (Å²) in [6.45, 7) is 1.81. The number of aromatic nitrogens is 2. The summed E-state index contributed by atoms with van der Waals surface area (Å²) in [6.07, 6.45) is 3.02. The van der Waals surface area contributed by atoms with E-state index in [0.717, 1.165) is 65.5 Å². The van der Waals surface area contributed by atoms with Gasteiger partial charge >= 0.3 is 0 Å². The Kier molecular flexibility index (Phi) is 5.52. The highest BCUT2D eigenvalue weighted by molar-refractivity contribution is 7.99. The minimum atomic E-state index is -0.262. The summed E-state index contributed by atoms with van der Waals surface area (Å²) in [5.41, 5.74) is 3.09. The second-order valence-corrected chi connectivity index (χ2v) is 9.24. The maximum absolute atomic E-state index is 13.6. The SMILES string of the molecule is Fc1cccc(Nc2nc(N3CCC(c4cccc(Cl)c4)CC3)nc3c2SCC3)c1. The predicted octanol–water partition coefficient (Wildman–Crippen LogP) is 6.04. The van der Waals surface area contributed by atoms with Gasteiger partial charge in [0.05, 0.1) is 10.6 Å². The van der Waals surface area contributed by atoms with Crippen molar-refractivity contribution in [3.63, 3.8) is 0 Å². The van der Waals surface area contributed by atoms with Crippen LogP contribution in [0.15, 0.2) is 53.4 Å². The van der Waals surface area contributed by atoms with Crippen LogP contribution in [0.5, 0.6) is 0 Å². The van der Waals surface area contributed by atoms with Crippen LogP contribution in [0.1, 0.15) is 30.0 Å². The number of nitrogens with zero attached hydrogens (tertiary/aromatic N) is 3. The van der Waals surface area contributed by atoms with Gasteiger partial charge in [0.1, 0.15) is 11.6 Å². The molecule has 0 unspecified atom stereocenters. The van der Waals surface area contributed by atoms with Crippen LogP contribution in [0.3, 0.4) is 0 Å². The summed E-state index contributed by atoms with van der Waals surface area (Å²) in [4.78, 5) is 13.1. The van der Waals surface area contributed by atoms with Crippen molar-refractivity contribution in [1.82, 2.24) is 9.97 Å². The van der Waals surface area contributed by atoms with Crippen LogP contribution in [-0.2, 0) is 6.42 Å². The summed E-state index contributed by atoms with van der Waals surface area (Å²) in [5.74, 6) is 2.79. The highest BCUT2D eigenvalue weighted by Gasteiger charge is 2.26. The van der Waals surface area contributed by atoms with Crippen molar-refractivity contribution in [1.29, 1.82) is 0 Å². The van der Waals surface area contributed by atoms with Crippen LogP contribution in [0.25, 0.3) is 0 Å². The molecule has 0 bridgehead atoms. The number of piperidine rings is 1. The van der Waals surface area contributed by atoms with Crippen LogP contribution in [0, 0.1) is 5.82 Å². The van der Waals surface area contributed by atoms with Crippen molar-refractivity contribution in [3.8, 4) is 0 Å². The number of hydrogen-bond donors (Lipinski definition) is 1. The third kappa shape index (κ3) is 4.12. The van der Waals surface area contributed by atoms with Gasteiger partial charge in [0.25, 0.3) is 0 Å². The fourth-order valence-corrected chi connectivity index (χ4v) is 5.40. The summed E-state index contributed by atoms with van der Waals surface area (Å²) < 4.78 is 13.6. The van der Waals surface area contributed by atoms with Crippen molar-refractivity contribution < 1.29 is 4.39 Å². The molecule has 0 amide bonds. The average Bonchev–Trinajstić information content (AvgIpc) is 3.23. The number of thioether (sulfide) groups is 1. The Labute approximate surface area is 184 Å². The van der Waals surface area contributed by atoms with Crippen LogP contribution < -0.4 is 10.2 Å². The molecule has 0 aliphatic carbocycles. The molecule has 3 aromatic rings. The highest BCUT2D eigenvalue weighted by Crippen LogP contribution is 2.39. The van der Waals surface area contributed by atoms with Gasteiger partial charge in [0.2, 0.25) is 5.95 Å². The zero-order valence-corrected chi connectivity index (χ0v) is 18.0. The Balaban J connectivity index is 1.36. The molecule has 2 aliphatic heterocycles. The fraction of sp³-hybridized carbons (Fsp3) is 0.304. The standard InChI is InChI=1S/C23H22ClFN4S/c24-17-4-1-3-16(13-17)15-7-10-29(11-8-15)23-27-20-9-12-30-21(20)22(28-23)26-19-6-2-5-18(25)14-19/h1-6,13-15H,7-12H2,(H,26,27,28). The molecule has 4 nitrogen and oxygen atoms in total. The smallest absolute Gasteiger partial charge is 0.227 e. The number of hydrogen-bond acceptors (Lipinski definition) is 5. The monoisotopic (exact) mass is 440 g/mol. The van der Waals surface area contributed by atoms with Gasteiger partial charge in [0.15, 0.2) is 0 Å². The lowest BCUT2D eigenvalue weighted by Crippen LogP contribution is -2.34. The van der Waals surface area contributed by atoms with E-state index >= 15 is 0 Å². The van der Waals surface area contributed by atoms with Crippen molar-refractivity contribution in [2.45, 2.75) is 30.1 Å². The van der Waals surface area contributed by atoms with E-state index in [-0.39, 0.29) is 5.82 Å². The third-order valence-electron chi connectivity index (χ3n) is 5.69. The van der Waals surface area contributed by atoms with Crippen LogP contribution in [0.4, 0.5) is 21.8 Å². The number of benzene rings is 2. The Morgan fingerprint density at radius 3 is 2.70 bits per heavy atom. The van der Waals surface area contributed by atoms with Gasteiger partial charge in [-0.3, -0.25) is 0 Å². The maximum atomic E-state index is 13.6. The Hall–Kier alpha value is -2.31. The molecule has 1 N–H and O–H groups in total. The van der Waals surface area contributed by atoms with E-state index in [4.69, 9.17) is 21.6 Å². The Morgan fingerprint density at radius 1 is 1.07 bits per heavy atom. The van der Waals surface area contributed by atoms with Crippen LogP contribution in [0.2, 0.25) is 5.02 Å². The van der Waals surface area contributed by atoms with Gasteiger partial charge < -0.3 is 10.2 Å². The number of anilines is 3. The molecule has 0 atom stereocenters. The molecule has 1 aromatic heterocycles. The summed E-state index contributed by atoms with van der Waals surface area (Å²) in [7, 11) is 0. The quantitative estimate of drug-likeness (QED) is 0.535. The van der Waals surface area contributed by atoms with E-state index in [2.05, 4.69) is 22.3 Å². The molecule has 1 saturated heterocycles. The lowest BCUT2D eigenvalue weighted by molar-refractivity contribution is 0.499. The molecule has 1 fully saturated rings. The van der Waals surface area contributed by atoms with Crippen molar-refractivity contribution in [3.05, 3.63) is 70.6 Å². The molecule has 2 aromatic carbocycles. The molecule has 2 aliphatic rings. The maximum Gasteiger partial charge on any atom is 0.227 e. The van der Waals surface area contributed by atoms with E-state index in [1.165, 1.54) is 17.7 Å². The molecule has 0 spiro atoms. The first-order chi connectivity index (χ1) is 14.7. The minimum Gasteiger partial charge on any atom is -0.341 e. The minimum absolute atomic E-state index is 0.262. The number of aryl methyl sites for hydroxylation is 1. The molecule has 0 radical (unpaired) electrons. The van der Waals surface area contributed by atoms with Crippen molar-refractivity contribution >= 4 is 40.8 Å². The first kappa shape index (κ1) is 19.6. The number of nitrogens with one attached hydrogen (secondary N) is 1. The molecule has 0 saturated carbocycles. The highest BCUT2D eigenvalue weighted by atomic mass is 35.5. The van der Waals surface area contributed by atoms with Gasteiger partial charge in [-0.25, -0.2) is 9.37 Å². The number of halogens is 2. The topological polar surface area (TPSA) is 41.1 Å². The zero-order chi connectivity index (χ0) is 20.5. The zero-order valence-electron chi connectivity index (χ0n) is 16.4. The van der Waals surface area contributed by atoms with Crippen LogP contribution in [-0.4, -0.2) is 28.8 Å². The van der Waals surface area contributed by atoms with E-state index in [0.29, 0.717) is 11.6 Å². The van der Waals surface area contributed by atoms with Crippen molar-refractivity contribution in [2.75, 3.05) is 29.1 Å². The number of rotatable bonds is 4. The van der Waals surface area contributed by atoms with Gasteiger partial charge in [-0.15, -0.1) is 11.8 Å². The summed E-state index contributed by atoms with van der Waals surface area (Å²) >= 11 is 7.93. The Morgan fingerprint density at radius 2 is 1.90 bits per heavy atom. The van der Waals surface area contributed by atoms with Gasteiger partial charge in [-0.2, -0.15) is 4.98 Å². The van der Waals surface area contributed by atoms with Gasteiger partial charge in [0, 0.05) is 36.0 Å². The largest absolute Gasteiger partial charge is 0.341 e. The van der Waals surface area contributed by atoms with Crippen molar-refractivity contribution in [2.24, 2.45) is 0 Å². The lowest BCUT2D eigenvalue weighted by atomic mass is 9.89. The van der Waals surface area contributed by atoms with Gasteiger partial charge in [-0.1, -0.05) is 29.8 Å². The third-order valence-corrected chi connectivity index (χ3v) is 7.06. The molecular formula is C23H22ClFN4S. The van der Waals surface area contributed by atoms with Gasteiger partial charge in [-0.05, 0) is 54.7 Å². The second-order valence-electron chi connectivity index (χ2n) is 7.70. The predicted molar refractivity (Wildman–Crippen MR) is 122 cm³/mol. The second kappa shape index (κ2) is 8.44. The molecule has 7 heteroatoms. The summed E-state index contributed by atoms with van der Waals surface area (Å²) in [5, 5.41) is 4.11. The van der Waals surface area contributed by atoms with E-state index in [9.17, 15) is 4.39 Å². The van der Waals surface area contributed by atoms with Crippen LogP contribution >= 0.6 is 23.4 Å². The Bertz CT molecular complexity index is 1070. The lowest BCUT2D eigenvalue weighted by Gasteiger charge is -2.32. The molecular weight excluding hydrogens is 419 g/mol. The molecule has 3 heterocycles. The van der Waals surface area contributed by atoms with E-state index in [1.54, 1.807) is 17.8 Å². The normalized spacial score (nSPS) is 16.5. The first-order valence-corrected chi connectivity index (χ1v) is 11.6. The first-order valence-electron chi connectivity index (χ1n) is 10.2. The molecule has 5 rings (SSSR count). The molecule has 30 heavy (non-hydrogen) atoms. The fourth-order valence-electron chi connectivity index (χ4n) is 4.16. The summed E-state index contributed by atoms with van der Waals surface area (Å²) in [6, 6.07) is 14.7. The average molecular weight is 441 g/mol. The van der Waals surface area contributed by atoms with E-state index in [1.807, 2.05) is 18.2 Å². The molecule has 154 valence electrons. The number of fused-ring (bicyclic) bond motifs is 1. The van der Waals surface area contributed by atoms with E-state index < -0.39 is 0 Å².